The molecular formula is C26H30N2O5. The van der Waals surface area contributed by atoms with Gasteiger partial charge in [-0.15, -0.1) is 0 Å². The SMILES string of the molecule is CC(CCNC(=O)OCC1c2ccccc2-c2ccccc21)CC(=O)N(C)C1(C(=O)O)CC1. The van der Waals surface area contributed by atoms with Gasteiger partial charge in [-0.1, -0.05) is 55.5 Å². The zero-order valence-electron chi connectivity index (χ0n) is 19.0. The Morgan fingerprint density at radius 2 is 1.67 bits per heavy atom. The summed E-state index contributed by atoms with van der Waals surface area (Å²) in [6.07, 6.45) is 1.38. The van der Waals surface area contributed by atoms with Crippen LogP contribution in [0, 0.1) is 5.92 Å². The molecule has 1 atom stereocenters. The molecule has 0 aliphatic heterocycles. The standard InChI is InChI=1S/C26H30N2O5/c1-17(15-23(29)28(2)26(12-13-26)24(30)31)11-14-27-25(32)33-16-22-20-9-5-3-7-18(20)19-8-4-6-10-21(19)22/h3-10,17,22H,11-16H2,1-2H3,(H,27,32)(H,30,31). The van der Waals surface area contributed by atoms with E-state index in [1.807, 2.05) is 31.2 Å². The zero-order chi connectivity index (χ0) is 23.6. The molecule has 1 fully saturated rings. The first-order valence-electron chi connectivity index (χ1n) is 11.4. The number of carbonyl (C=O) groups excluding carboxylic acids is 2. The molecule has 7 nitrogen and oxygen atoms in total. The van der Waals surface area contributed by atoms with Crippen molar-refractivity contribution in [1.29, 1.82) is 0 Å². The van der Waals surface area contributed by atoms with Crippen LogP contribution in [0.15, 0.2) is 48.5 Å². The number of aliphatic carboxylic acids is 1. The number of carboxylic acid groups (broad SMARTS) is 1. The van der Waals surface area contributed by atoms with Crippen molar-refractivity contribution in [3.63, 3.8) is 0 Å². The fourth-order valence-corrected chi connectivity index (χ4v) is 4.66. The van der Waals surface area contributed by atoms with E-state index in [1.165, 1.54) is 16.0 Å². The maximum absolute atomic E-state index is 12.4. The monoisotopic (exact) mass is 450 g/mol. The van der Waals surface area contributed by atoms with Crippen LogP contribution in [-0.2, 0) is 14.3 Å². The van der Waals surface area contributed by atoms with Crippen LogP contribution in [0.3, 0.4) is 0 Å². The van der Waals surface area contributed by atoms with Gasteiger partial charge in [0.15, 0.2) is 0 Å². The molecule has 0 radical (unpaired) electrons. The molecule has 0 bridgehead atoms. The summed E-state index contributed by atoms with van der Waals surface area (Å²) in [4.78, 5) is 37.5. The maximum atomic E-state index is 12.4. The molecule has 0 spiro atoms. The largest absolute Gasteiger partial charge is 0.479 e. The molecule has 0 saturated heterocycles. The van der Waals surface area contributed by atoms with Gasteiger partial charge >= 0.3 is 12.1 Å². The Bertz CT molecular complexity index is 1020. The number of alkyl carbamates (subject to hydrolysis) is 1. The molecule has 0 aromatic heterocycles. The van der Waals surface area contributed by atoms with E-state index in [-0.39, 0.29) is 30.8 Å². The van der Waals surface area contributed by atoms with Crippen LogP contribution >= 0.6 is 0 Å². The van der Waals surface area contributed by atoms with Crippen LogP contribution in [0.5, 0.6) is 0 Å². The number of fused-ring (bicyclic) bond motifs is 3. The molecular weight excluding hydrogens is 420 g/mol. The molecule has 7 heteroatoms. The lowest BCUT2D eigenvalue weighted by atomic mass is 9.98. The second-order valence-electron chi connectivity index (χ2n) is 9.14. The van der Waals surface area contributed by atoms with Crippen LogP contribution in [0.25, 0.3) is 11.1 Å². The van der Waals surface area contributed by atoms with E-state index < -0.39 is 17.6 Å². The smallest absolute Gasteiger partial charge is 0.407 e. The summed E-state index contributed by atoms with van der Waals surface area (Å²) in [7, 11) is 1.56. The van der Waals surface area contributed by atoms with Crippen LogP contribution in [0.1, 0.15) is 49.7 Å². The molecule has 33 heavy (non-hydrogen) atoms. The average Bonchev–Trinajstić information content (AvgIpc) is 3.56. The van der Waals surface area contributed by atoms with Crippen molar-refractivity contribution >= 4 is 18.0 Å². The third-order valence-corrected chi connectivity index (χ3v) is 6.91. The summed E-state index contributed by atoms with van der Waals surface area (Å²) in [6.45, 7) is 2.57. The minimum absolute atomic E-state index is 0.0124. The number of amides is 2. The summed E-state index contributed by atoms with van der Waals surface area (Å²) in [5.74, 6) is -1.09. The van der Waals surface area contributed by atoms with Crippen molar-refractivity contribution in [2.45, 2.75) is 44.1 Å². The third-order valence-electron chi connectivity index (χ3n) is 6.91. The highest BCUT2D eigenvalue weighted by Gasteiger charge is 2.55. The topological polar surface area (TPSA) is 95.9 Å². The van der Waals surface area contributed by atoms with Gasteiger partial charge in [0, 0.05) is 25.9 Å². The van der Waals surface area contributed by atoms with E-state index in [2.05, 4.69) is 29.6 Å². The van der Waals surface area contributed by atoms with Gasteiger partial charge in [-0.25, -0.2) is 9.59 Å². The van der Waals surface area contributed by atoms with Crippen molar-refractivity contribution in [3.05, 3.63) is 59.7 Å². The summed E-state index contributed by atoms with van der Waals surface area (Å²) in [5.41, 5.74) is 3.68. The molecule has 1 saturated carbocycles. The molecule has 2 aromatic rings. The predicted octanol–water partition coefficient (Wildman–Crippen LogP) is 4.02. The van der Waals surface area contributed by atoms with Gasteiger partial charge < -0.3 is 20.1 Å². The number of benzene rings is 2. The Labute approximate surface area is 193 Å². The van der Waals surface area contributed by atoms with E-state index in [0.717, 1.165) is 11.1 Å². The highest BCUT2D eigenvalue weighted by Crippen LogP contribution is 2.44. The lowest BCUT2D eigenvalue weighted by Crippen LogP contribution is -2.45. The quantitative estimate of drug-likeness (QED) is 0.602. The van der Waals surface area contributed by atoms with E-state index in [0.29, 0.717) is 25.8 Å². The molecule has 1 unspecified atom stereocenters. The van der Waals surface area contributed by atoms with E-state index in [1.54, 1.807) is 7.05 Å². The lowest BCUT2D eigenvalue weighted by Gasteiger charge is -2.25. The predicted molar refractivity (Wildman–Crippen MR) is 124 cm³/mol. The van der Waals surface area contributed by atoms with E-state index in [4.69, 9.17) is 4.74 Å². The molecule has 2 aromatic carbocycles. The second kappa shape index (κ2) is 9.25. The number of nitrogens with one attached hydrogen (secondary N) is 1. The second-order valence-corrected chi connectivity index (χ2v) is 9.14. The number of nitrogens with zero attached hydrogens (tertiary/aromatic N) is 1. The maximum Gasteiger partial charge on any atom is 0.407 e. The first-order valence-corrected chi connectivity index (χ1v) is 11.4. The Morgan fingerprint density at radius 3 is 2.21 bits per heavy atom. The zero-order valence-corrected chi connectivity index (χ0v) is 19.0. The third kappa shape index (κ3) is 4.58. The van der Waals surface area contributed by atoms with Crippen molar-refractivity contribution in [3.8, 4) is 11.1 Å². The van der Waals surface area contributed by atoms with Crippen LogP contribution in [0.4, 0.5) is 4.79 Å². The number of ether oxygens (including phenoxy) is 1. The summed E-state index contributed by atoms with van der Waals surface area (Å²) < 4.78 is 5.53. The molecule has 2 N–H and O–H groups in total. The Balaban J connectivity index is 1.22. The Morgan fingerprint density at radius 1 is 1.09 bits per heavy atom. The van der Waals surface area contributed by atoms with Crippen LogP contribution in [0.2, 0.25) is 0 Å². The van der Waals surface area contributed by atoms with Gasteiger partial charge in [-0.3, -0.25) is 4.79 Å². The van der Waals surface area contributed by atoms with E-state index in [9.17, 15) is 19.5 Å². The first-order chi connectivity index (χ1) is 15.8. The average molecular weight is 451 g/mol. The van der Waals surface area contributed by atoms with Gasteiger partial charge in [0.1, 0.15) is 12.1 Å². The van der Waals surface area contributed by atoms with Crippen molar-refractivity contribution in [1.82, 2.24) is 10.2 Å². The number of carbonyl (C=O) groups is 3. The van der Waals surface area contributed by atoms with Gasteiger partial charge in [0.05, 0.1) is 0 Å². The van der Waals surface area contributed by atoms with Gasteiger partial charge in [0.25, 0.3) is 0 Å². The lowest BCUT2D eigenvalue weighted by molar-refractivity contribution is -0.151. The normalized spacial score (nSPS) is 16.3. The molecule has 2 aliphatic rings. The number of hydrogen-bond donors (Lipinski definition) is 2. The summed E-state index contributed by atoms with van der Waals surface area (Å²) >= 11 is 0. The van der Waals surface area contributed by atoms with Crippen LogP contribution in [-0.4, -0.2) is 53.7 Å². The van der Waals surface area contributed by atoms with Crippen molar-refractivity contribution in [2.24, 2.45) is 5.92 Å². The van der Waals surface area contributed by atoms with Crippen molar-refractivity contribution in [2.75, 3.05) is 20.2 Å². The minimum atomic E-state index is -1.02. The minimum Gasteiger partial charge on any atom is -0.479 e. The number of carboxylic acids is 1. The number of rotatable bonds is 9. The summed E-state index contributed by atoms with van der Waals surface area (Å²) in [5, 5.41) is 12.1. The fourth-order valence-electron chi connectivity index (χ4n) is 4.66. The molecule has 2 aliphatic carbocycles. The Hall–Kier alpha value is -3.35. The molecule has 4 rings (SSSR count). The van der Waals surface area contributed by atoms with E-state index >= 15 is 0 Å². The van der Waals surface area contributed by atoms with Gasteiger partial charge in [0.2, 0.25) is 5.91 Å². The highest BCUT2D eigenvalue weighted by molar-refractivity contribution is 5.89. The highest BCUT2D eigenvalue weighted by atomic mass is 16.5. The Kier molecular flexibility index (Phi) is 6.40. The summed E-state index contributed by atoms with van der Waals surface area (Å²) in [6, 6.07) is 16.4. The van der Waals surface area contributed by atoms with Gasteiger partial charge in [-0.2, -0.15) is 0 Å². The first kappa shape index (κ1) is 22.8. The number of hydrogen-bond acceptors (Lipinski definition) is 4. The van der Waals surface area contributed by atoms with Crippen LogP contribution < -0.4 is 5.32 Å². The molecule has 2 amide bonds. The molecule has 0 heterocycles. The fraction of sp³-hybridized carbons (Fsp3) is 0.423. The van der Waals surface area contributed by atoms with Gasteiger partial charge in [-0.05, 0) is 47.4 Å². The number of likely N-dealkylation sites (N-methyl/N-ethyl adjacent to an activating group) is 1. The van der Waals surface area contributed by atoms with Crippen molar-refractivity contribution < 1.29 is 24.2 Å². The molecule has 174 valence electrons.